The first-order valence-electron chi connectivity index (χ1n) is 15.7. The summed E-state index contributed by atoms with van der Waals surface area (Å²) in [5.74, 6) is -0.0527. The molecule has 0 fully saturated rings. The van der Waals surface area contributed by atoms with Crippen LogP contribution in [0.1, 0.15) is 61.0 Å². The Bertz CT molecular complexity index is 1360. The van der Waals surface area contributed by atoms with Crippen LogP contribution in [0.2, 0.25) is 18.1 Å². The van der Waals surface area contributed by atoms with E-state index in [1.54, 1.807) is 12.0 Å². The molecule has 0 aliphatic rings. The molecule has 260 valence electrons. The minimum Gasteiger partial charge on any atom is -0.497 e. The third-order valence-corrected chi connectivity index (χ3v) is 14.6. The fourth-order valence-corrected chi connectivity index (χ4v) is 6.97. The summed E-state index contributed by atoms with van der Waals surface area (Å²) < 4.78 is 65.7. The first kappa shape index (κ1) is 39.7. The molecule has 2 aromatic rings. The van der Waals surface area contributed by atoms with E-state index < -0.39 is 42.0 Å². The Kier molecular flexibility index (Phi) is 13.8. The van der Waals surface area contributed by atoms with Crippen molar-refractivity contribution in [3.8, 4) is 5.75 Å². The second-order valence-corrected chi connectivity index (χ2v) is 21.3. The SMILES string of the molecule is COc1ccc(COC[C@H](C)N(C[C@@H](C)[C@H](CN(C)S(=O)(=O)c2ccc(F)cc2)O[Si](C)(C)C(C)(C)C)C(=O)OC(C)(C)C)cc1. The van der Waals surface area contributed by atoms with Crippen LogP contribution in [0.15, 0.2) is 53.4 Å². The molecule has 2 rings (SSSR count). The number of likely N-dealkylation sites (N-methyl/N-ethyl adjacent to an activating group) is 1. The molecule has 0 spiro atoms. The number of methoxy groups -OCH3 is 1. The molecule has 2 aromatic carbocycles. The molecule has 0 aliphatic carbocycles. The summed E-state index contributed by atoms with van der Waals surface area (Å²) in [7, 11) is -3.22. The third-order valence-electron chi connectivity index (χ3n) is 8.28. The van der Waals surface area contributed by atoms with E-state index in [1.807, 2.05) is 58.9 Å². The van der Waals surface area contributed by atoms with Gasteiger partial charge in [0.05, 0.1) is 37.4 Å². The highest BCUT2D eigenvalue weighted by Crippen LogP contribution is 2.38. The van der Waals surface area contributed by atoms with Gasteiger partial charge in [0.2, 0.25) is 10.0 Å². The number of ether oxygens (including phenoxy) is 3. The fourth-order valence-electron chi connectivity index (χ4n) is 4.37. The highest BCUT2D eigenvalue weighted by molar-refractivity contribution is 7.89. The molecule has 9 nitrogen and oxygen atoms in total. The Labute approximate surface area is 277 Å². The van der Waals surface area contributed by atoms with Crippen LogP contribution >= 0.6 is 0 Å². The molecule has 0 aromatic heterocycles. The number of rotatable bonds is 15. The van der Waals surface area contributed by atoms with Gasteiger partial charge < -0.3 is 23.5 Å². The summed E-state index contributed by atoms with van der Waals surface area (Å²) in [5.41, 5.74) is 0.251. The number of carbonyl (C=O) groups excluding carboxylic acids is 1. The summed E-state index contributed by atoms with van der Waals surface area (Å²) in [5, 5.41) is -0.146. The lowest BCUT2D eigenvalue weighted by atomic mass is 10.0. The number of amides is 1. The average molecular weight is 683 g/mol. The van der Waals surface area contributed by atoms with Gasteiger partial charge in [-0.25, -0.2) is 17.6 Å². The zero-order chi connectivity index (χ0) is 35.1. The average Bonchev–Trinajstić information content (AvgIpc) is 2.94. The van der Waals surface area contributed by atoms with E-state index >= 15 is 0 Å². The first-order valence-corrected chi connectivity index (χ1v) is 20.0. The van der Waals surface area contributed by atoms with E-state index in [-0.39, 0.29) is 41.6 Å². The van der Waals surface area contributed by atoms with Gasteiger partial charge in [-0.2, -0.15) is 4.31 Å². The van der Waals surface area contributed by atoms with Crippen molar-refractivity contribution in [2.24, 2.45) is 5.92 Å². The zero-order valence-corrected chi connectivity index (χ0v) is 31.5. The Morgan fingerprint density at radius 2 is 1.50 bits per heavy atom. The fraction of sp³-hybridized carbons (Fsp3) is 0.618. The predicted octanol–water partition coefficient (Wildman–Crippen LogP) is 7.32. The standard InChI is InChI=1S/C34H55FN2O7SSi/c1-25(21-37(32(38)43-33(3,4)5)26(2)23-42-24-27-13-17-29(41-10)18-14-27)31(44-46(11,12)34(6,7)8)22-36(9)45(39,40)30-19-15-28(35)16-20-30/h13-20,25-26,31H,21-24H2,1-12H3/t25-,26+,31+/m1/s1. The summed E-state index contributed by atoms with van der Waals surface area (Å²) in [6.45, 7) is 20.8. The normalized spacial score (nSPS) is 14.9. The molecule has 1 amide bonds. The molecule has 46 heavy (non-hydrogen) atoms. The lowest BCUT2D eigenvalue weighted by molar-refractivity contribution is -0.00864. The molecule has 0 radical (unpaired) electrons. The van der Waals surface area contributed by atoms with Gasteiger partial charge in [0.1, 0.15) is 17.2 Å². The van der Waals surface area contributed by atoms with E-state index in [0.29, 0.717) is 6.61 Å². The van der Waals surface area contributed by atoms with E-state index in [9.17, 15) is 17.6 Å². The third kappa shape index (κ3) is 11.6. The maximum atomic E-state index is 13.6. The van der Waals surface area contributed by atoms with Crippen LogP contribution in [0.25, 0.3) is 0 Å². The number of hydrogen-bond acceptors (Lipinski definition) is 7. The largest absolute Gasteiger partial charge is 0.497 e. The monoisotopic (exact) mass is 682 g/mol. The minimum atomic E-state index is -3.93. The Hall–Kier alpha value is -2.51. The summed E-state index contributed by atoms with van der Waals surface area (Å²) in [4.78, 5) is 15.2. The van der Waals surface area contributed by atoms with E-state index in [0.717, 1.165) is 23.4 Å². The van der Waals surface area contributed by atoms with Crippen LogP contribution in [0.5, 0.6) is 5.75 Å². The quantitative estimate of drug-likeness (QED) is 0.182. The van der Waals surface area contributed by atoms with Crippen molar-refractivity contribution in [3.05, 3.63) is 59.9 Å². The van der Waals surface area contributed by atoms with E-state index in [2.05, 4.69) is 33.9 Å². The minimum absolute atomic E-state index is 0.00635. The predicted molar refractivity (Wildman–Crippen MR) is 183 cm³/mol. The van der Waals surface area contributed by atoms with E-state index in [4.69, 9.17) is 18.6 Å². The lowest BCUT2D eigenvalue weighted by Gasteiger charge is -2.43. The van der Waals surface area contributed by atoms with Crippen molar-refractivity contribution >= 4 is 24.4 Å². The molecule has 0 N–H and O–H groups in total. The highest BCUT2D eigenvalue weighted by atomic mass is 32.2. The van der Waals surface area contributed by atoms with Crippen LogP contribution in [-0.2, 0) is 30.5 Å². The first-order chi connectivity index (χ1) is 21.1. The molecule has 3 atom stereocenters. The Morgan fingerprint density at radius 1 is 0.935 bits per heavy atom. The zero-order valence-electron chi connectivity index (χ0n) is 29.7. The second-order valence-electron chi connectivity index (χ2n) is 14.5. The summed E-state index contributed by atoms with van der Waals surface area (Å²) >= 11 is 0. The van der Waals surface area contributed by atoms with Gasteiger partial charge in [-0.3, -0.25) is 0 Å². The van der Waals surface area contributed by atoms with Crippen molar-refractivity contribution in [1.29, 1.82) is 0 Å². The lowest BCUT2D eigenvalue weighted by Crippen LogP contribution is -2.53. The highest BCUT2D eigenvalue weighted by Gasteiger charge is 2.42. The van der Waals surface area contributed by atoms with Crippen LogP contribution < -0.4 is 4.74 Å². The van der Waals surface area contributed by atoms with Crippen molar-refractivity contribution < 1.29 is 36.2 Å². The van der Waals surface area contributed by atoms with Crippen molar-refractivity contribution in [2.75, 3.05) is 33.9 Å². The number of hydrogen-bond donors (Lipinski definition) is 0. The molecule has 0 saturated carbocycles. The van der Waals surface area contributed by atoms with Crippen LogP contribution in [0.4, 0.5) is 9.18 Å². The molecule has 0 saturated heterocycles. The molecule has 12 heteroatoms. The maximum Gasteiger partial charge on any atom is 0.410 e. The van der Waals surface area contributed by atoms with Crippen molar-refractivity contribution in [3.63, 3.8) is 0 Å². The number of sulfonamides is 1. The molecular weight excluding hydrogens is 628 g/mol. The van der Waals surface area contributed by atoms with Crippen molar-refractivity contribution in [2.45, 2.75) is 103 Å². The van der Waals surface area contributed by atoms with Gasteiger partial charge in [0, 0.05) is 26.1 Å². The molecule has 0 aliphatic heterocycles. The summed E-state index contributed by atoms with van der Waals surface area (Å²) in [6, 6.07) is 12.0. The molecular formula is C34H55FN2O7SSi. The van der Waals surface area contributed by atoms with Gasteiger partial charge in [-0.05, 0) is 87.8 Å². The second kappa shape index (κ2) is 16.1. The van der Waals surface area contributed by atoms with Gasteiger partial charge in [0.15, 0.2) is 8.32 Å². The van der Waals surface area contributed by atoms with Gasteiger partial charge in [-0.1, -0.05) is 39.8 Å². The van der Waals surface area contributed by atoms with Crippen LogP contribution in [0, 0.1) is 11.7 Å². The number of benzene rings is 2. The number of carbonyl (C=O) groups is 1. The topological polar surface area (TPSA) is 94.6 Å². The Morgan fingerprint density at radius 3 is 2.00 bits per heavy atom. The van der Waals surface area contributed by atoms with Gasteiger partial charge in [0.25, 0.3) is 0 Å². The van der Waals surface area contributed by atoms with Gasteiger partial charge >= 0.3 is 6.09 Å². The van der Waals surface area contributed by atoms with Gasteiger partial charge in [-0.15, -0.1) is 0 Å². The number of nitrogens with zero attached hydrogens (tertiary/aromatic N) is 2. The molecule has 0 bridgehead atoms. The molecule has 0 unspecified atom stereocenters. The summed E-state index contributed by atoms with van der Waals surface area (Å²) in [6.07, 6.45) is -1.04. The number of halogens is 1. The van der Waals surface area contributed by atoms with Crippen molar-refractivity contribution in [1.82, 2.24) is 9.21 Å². The van der Waals surface area contributed by atoms with Crippen LogP contribution in [-0.4, -0.2) is 83.6 Å². The Balaban J connectivity index is 2.34. The smallest absolute Gasteiger partial charge is 0.410 e. The maximum absolute atomic E-state index is 13.6. The van der Waals surface area contributed by atoms with E-state index in [1.165, 1.54) is 23.5 Å². The van der Waals surface area contributed by atoms with Crippen LogP contribution in [0.3, 0.4) is 0 Å². The molecule has 0 heterocycles.